The molecule has 0 radical (unpaired) electrons. The van der Waals surface area contributed by atoms with E-state index in [0.29, 0.717) is 5.56 Å². The molecule has 0 saturated heterocycles. The van der Waals surface area contributed by atoms with Gasteiger partial charge in [-0.2, -0.15) is 0 Å². The number of esters is 1. The van der Waals surface area contributed by atoms with Crippen LogP contribution in [0, 0.1) is 0 Å². The average Bonchev–Trinajstić information content (AvgIpc) is 2.56. The first kappa shape index (κ1) is 17.3. The van der Waals surface area contributed by atoms with E-state index in [-0.39, 0.29) is 35.7 Å². The fraction of sp³-hybridized carbons (Fsp3) is 0.235. The van der Waals surface area contributed by atoms with E-state index in [1.807, 2.05) is 0 Å². The van der Waals surface area contributed by atoms with Gasteiger partial charge in [-0.05, 0) is 30.7 Å². The van der Waals surface area contributed by atoms with Gasteiger partial charge in [-0.1, -0.05) is 6.07 Å². The van der Waals surface area contributed by atoms with Crippen molar-refractivity contribution in [2.75, 3.05) is 13.7 Å². The van der Waals surface area contributed by atoms with Crippen LogP contribution in [0.25, 0.3) is 0 Å². The second-order valence-electron chi connectivity index (χ2n) is 5.02. The van der Waals surface area contributed by atoms with Crippen LogP contribution in [0.3, 0.4) is 0 Å². The molecule has 0 atom stereocenters. The van der Waals surface area contributed by atoms with Crippen molar-refractivity contribution in [3.63, 3.8) is 0 Å². The van der Waals surface area contributed by atoms with E-state index in [1.165, 1.54) is 19.2 Å². The van der Waals surface area contributed by atoms with Crippen molar-refractivity contribution in [1.29, 1.82) is 0 Å². The first-order valence-electron chi connectivity index (χ1n) is 7.18. The van der Waals surface area contributed by atoms with Crippen LogP contribution in [0.5, 0.6) is 28.7 Å². The van der Waals surface area contributed by atoms with Crippen molar-refractivity contribution in [3.8, 4) is 28.7 Å². The molecule has 0 bridgehead atoms. The molecule has 0 spiro atoms. The molecule has 0 heterocycles. The summed E-state index contributed by atoms with van der Waals surface area (Å²) >= 11 is 0. The minimum atomic E-state index is -0.733. The summed E-state index contributed by atoms with van der Waals surface area (Å²) in [6.45, 7) is 1.75. The number of hydrogen-bond donors (Lipinski definition) is 4. The Morgan fingerprint density at radius 3 is 2.38 bits per heavy atom. The maximum atomic E-state index is 12.1. The standard InChI is InChI=1S/C17H18O7/c1-3-24-17(22)11-8-13(19)16(21)15(20)10(11)6-9-4-5-12(18)14(7-9)23-2/h4-5,7-8,18-21H,3,6H2,1-2H3. The minimum Gasteiger partial charge on any atom is -0.504 e. The van der Waals surface area contributed by atoms with Gasteiger partial charge in [-0.15, -0.1) is 0 Å². The third kappa shape index (κ3) is 3.29. The Labute approximate surface area is 138 Å². The minimum absolute atomic E-state index is 0.0461. The van der Waals surface area contributed by atoms with Crippen LogP contribution in [0.1, 0.15) is 28.4 Å². The van der Waals surface area contributed by atoms with Gasteiger partial charge in [-0.25, -0.2) is 4.79 Å². The fourth-order valence-corrected chi connectivity index (χ4v) is 2.29. The lowest BCUT2D eigenvalue weighted by atomic mass is 9.97. The summed E-state index contributed by atoms with van der Waals surface area (Å²) in [5.41, 5.74) is 0.642. The van der Waals surface area contributed by atoms with Crippen molar-refractivity contribution in [2.45, 2.75) is 13.3 Å². The molecular formula is C17H18O7. The maximum Gasteiger partial charge on any atom is 0.338 e. The zero-order valence-corrected chi connectivity index (χ0v) is 13.2. The third-order valence-corrected chi connectivity index (χ3v) is 3.48. The Bertz CT molecular complexity index is 768. The monoisotopic (exact) mass is 334 g/mol. The van der Waals surface area contributed by atoms with Gasteiger partial charge in [0.2, 0.25) is 5.75 Å². The predicted molar refractivity (Wildman–Crippen MR) is 84.9 cm³/mol. The van der Waals surface area contributed by atoms with Crippen LogP contribution in [-0.2, 0) is 11.2 Å². The third-order valence-electron chi connectivity index (χ3n) is 3.48. The van der Waals surface area contributed by atoms with Crippen LogP contribution >= 0.6 is 0 Å². The van der Waals surface area contributed by atoms with Gasteiger partial charge in [0.1, 0.15) is 0 Å². The zero-order chi connectivity index (χ0) is 17.9. The molecule has 0 amide bonds. The predicted octanol–water partition coefficient (Wildman–Crippen LogP) is 2.29. The lowest BCUT2D eigenvalue weighted by Gasteiger charge is -2.14. The second-order valence-corrected chi connectivity index (χ2v) is 5.02. The summed E-state index contributed by atoms with van der Waals surface area (Å²) in [5.74, 6) is -2.50. The fourth-order valence-electron chi connectivity index (χ4n) is 2.29. The smallest absolute Gasteiger partial charge is 0.338 e. The van der Waals surface area contributed by atoms with Crippen molar-refractivity contribution in [1.82, 2.24) is 0 Å². The van der Waals surface area contributed by atoms with Gasteiger partial charge in [0.15, 0.2) is 23.0 Å². The van der Waals surface area contributed by atoms with Crippen LogP contribution in [0.15, 0.2) is 24.3 Å². The largest absolute Gasteiger partial charge is 0.504 e. The number of aromatic hydroxyl groups is 4. The van der Waals surface area contributed by atoms with Crippen molar-refractivity contribution in [3.05, 3.63) is 41.0 Å². The first-order valence-corrected chi connectivity index (χ1v) is 7.18. The van der Waals surface area contributed by atoms with E-state index in [0.717, 1.165) is 6.07 Å². The number of rotatable bonds is 5. The van der Waals surface area contributed by atoms with Crippen LogP contribution < -0.4 is 4.74 Å². The highest BCUT2D eigenvalue weighted by molar-refractivity contribution is 5.93. The number of methoxy groups -OCH3 is 1. The Kier molecular flexibility index (Phi) is 5.03. The topological polar surface area (TPSA) is 116 Å². The van der Waals surface area contributed by atoms with Crippen LogP contribution in [0.4, 0.5) is 0 Å². The van der Waals surface area contributed by atoms with Gasteiger partial charge in [0.05, 0.1) is 19.3 Å². The van der Waals surface area contributed by atoms with Crippen LogP contribution in [0.2, 0.25) is 0 Å². The zero-order valence-electron chi connectivity index (χ0n) is 13.2. The van der Waals surface area contributed by atoms with E-state index in [1.54, 1.807) is 13.0 Å². The van der Waals surface area contributed by atoms with E-state index >= 15 is 0 Å². The highest BCUT2D eigenvalue weighted by Crippen LogP contribution is 2.41. The highest BCUT2D eigenvalue weighted by Gasteiger charge is 2.22. The summed E-state index contributed by atoms with van der Waals surface area (Å²) in [6.07, 6.45) is 0.0461. The number of carbonyl (C=O) groups excluding carboxylic acids is 1. The Balaban J connectivity index is 2.52. The number of carbonyl (C=O) groups is 1. The molecule has 0 fully saturated rings. The molecule has 0 unspecified atom stereocenters. The van der Waals surface area contributed by atoms with Crippen molar-refractivity contribution >= 4 is 5.97 Å². The summed E-state index contributed by atoms with van der Waals surface area (Å²) in [4.78, 5) is 12.1. The summed E-state index contributed by atoms with van der Waals surface area (Å²) in [5, 5.41) is 39.1. The quantitative estimate of drug-likeness (QED) is 0.489. The Morgan fingerprint density at radius 2 is 1.75 bits per heavy atom. The molecular weight excluding hydrogens is 316 g/mol. The lowest BCUT2D eigenvalue weighted by molar-refractivity contribution is 0.0524. The Morgan fingerprint density at radius 1 is 1.04 bits per heavy atom. The SMILES string of the molecule is CCOC(=O)c1cc(O)c(O)c(O)c1Cc1ccc(O)c(OC)c1. The lowest BCUT2D eigenvalue weighted by Crippen LogP contribution is -2.09. The van der Waals surface area contributed by atoms with E-state index in [9.17, 15) is 25.2 Å². The van der Waals surface area contributed by atoms with Gasteiger partial charge >= 0.3 is 5.97 Å². The van der Waals surface area contributed by atoms with Crippen molar-refractivity contribution < 1.29 is 34.7 Å². The number of benzene rings is 2. The molecule has 0 saturated carbocycles. The highest BCUT2D eigenvalue weighted by atomic mass is 16.5. The summed E-state index contributed by atoms with van der Waals surface area (Å²) < 4.78 is 9.93. The van der Waals surface area contributed by atoms with Crippen LogP contribution in [-0.4, -0.2) is 40.1 Å². The summed E-state index contributed by atoms with van der Waals surface area (Å²) in [7, 11) is 1.40. The number of ether oxygens (including phenoxy) is 2. The molecule has 0 aliphatic heterocycles. The Hall–Kier alpha value is -3.09. The molecule has 24 heavy (non-hydrogen) atoms. The molecule has 2 aromatic rings. The molecule has 4 N–H and O–H groups in total. The summed E-state index contributed by atoms with van der Waals surface area (Å²) in [6, 6.07) is 5.57. The normalized spacial score (nSPS) is 10.4. The molecule has 128 valence electrons. The van der Waals surface area contributed by atoms with Crippen molar-refractivity contribution in [2.24, 2.45) is 0 Å². The van der Waals surface area contributed by atoms with E-state index in [2.05, 4.69) is 0 Å². The second kappa shape index (κ2) is 6.99. The molecule has 7 nitrogen and oxygen atoms in total. The van der Waals surface area contributed by atoms with E-state index < -0.39 is 23.2 Å². The molecule has 7 heteroatoms. The molecule has 0 aliphatic carbocycles. The molecule has 2 aromatic carbocycles. The van der Waals surface area contributed by atoms with Gasteiger partial charge in [0, 0.05) is 12.0 Å². The van der Waals surface area contributed by atoms with E-state index in [4.69, 9.17) is 9.47 Å². The van der Waals surface area contributed by atoms with Gasteiger partial charge in [0.25, 0.3) is 0 Å². The molecule has 0 aromatic heterocycles. The van der Waals surface area contributed by atoms with Gasteiger partial charge < -0.3 is 29.9 Å². The number of hydrogen-bond acceptors (Lipinski definition) is 7. The van der Waals surface area contributed by atoms with Gasteiger partial charge in [-0.3, -0.25) is 0 Å². The number of phenols is 4. The molecule has 2 rings (SSSR count). The first-order chi connectivity index (χ1) is 11.4. The maximum absolute atomic E-state index is 12.1. The molecule has 0 aliphatic rings. The average molecular weight is 334 g/mol. The number of phenolic OH excluding ortho intramolecular Hbond substituents is 4.